The molecule has 1 atom stereocenters. The number of fused-ring (bicyclic) bond motifs is 1. The number of nitrogens with one attached hydrogen (secondary N) is 1. The van der Waals surface area contributed by atoms with Crippen molar-refractivity contribution < 1.29 is 0 Å². The third-order valence-corrected chi connectivity index (χ3v) is 3.03. The van der Waals surface area contributed by atoms with Gasteiger partial charge in [-0.3, -0.25) is 4.68 Å². The summed E-state index contributed by atoms with van der Waals surface area (Å²) in [4.78, 5) is 0. The zero-order valence-electron chi connectivity index (χ0n) is 9.08. The Kier molecular flexibility index (Phi) is 2.87. The van der Waals surface area contributed by atoms with E-state index < -0.39 is 0 Å². The van der Waals surface area contributed by atoms with E-state index in [2.05, 4.69) is 28.2 Å². The summed E-state index contributed by atoms with van der Waals surface area (Å²) >= 11 is 0. The molecule has 2 rings (SSSR count). The van der Waals surface area contributed by atoms with Crippen molar-refractivity contribution in [1.29, 1.82) is 0 Å². The van der Waals surface area contributed by atoms with Gasteiger partial charge >= 0.3 is 0 Å². The van der Waals surface area contributed by atoms with E-state index in [9.17, 15) is 0 Å². The van der Waals surface area contributed by atoms with Gasteiger partial charge in [0.2, 0.25) is 0 Å². The van der Waals surface area contributed by atoms with E-state index in [1.54, 1.807) is 0 Å². The molecule has 14 heavy (non-hydrogen) atoms. The highest BCUT2D eigenvalue weighted by atomic mass is 15.3. The Morgan fingerprint density at radius 2 is 2.50 bits per heavy atom. The molecule has 78 valence electrons. The first kappa shape index (κ1) is 9.71. The average molecular weight is 193 g/mol. The van der Waals surface area contributed by atoms with Crippen LogP contribution in [0.15, 0.2) is 6.20 Å². The first-order valence-corrected chi connectivity index (χ1v) is 5.56. The van der Waals surface area contributed by atoms with E-state index in [4.69, 9.17) is 0 Å². The van der Waals surface area contributed by atoms with Crippen LogP contribution in [-0.4, -0.2) is 23.4 Å². The third-order valence-electron chi connectivity index (χ3n) is 3.03. The van der Waals surface area contributed by atoms with Gasteiger partial charge in [0.15, 0.2) is 0 Å². The quantitative estimate of drug-likeness (QED) is 0.789. The second kappa shape index (κ2) is 4.13. The minimum absolute atomic E-state index is 0.636. The summed E-state index contributed by atoms with van der Waals surface area (Å²) in [6.07, 6.45) is 6.04. The molecule has 1 aliphatic carbocycles. The van der Waals surface area contributed by atoms with Gasteiger partial charge in [0.1, 0.15) is 0 Å². The van der Waals surface area contributed by atoms with Crippen LogP contribution in [0, 0.1) is 0 Å². The van der Waals surface area contributed by atoms with Gasteiger partial charge in [-0.2, -0.15) is 5.10 Å². The van der Waals surface area contributed by atoms with Crippen molar-refractivity contribution in [2.75, 3.05) is 13.6 Å². The number of rotatable bonds is 3. The van der Waals surface area contributed by atoms with Crippen molar-refractivity contribution >= 4 is 0 Å². The number of aromatic nitrogens is 2. The zero-order chi connectivity index (χ0) is 9.97. The van der Waals surface area contributed by atoms with E-state index >= 15 is 0 Å². The van der Waals surface area contributed by atoms with Crippen molar-refractivity contribution in [3.63, 3.8) is 0 Å². The van der Waals surface area contributed by atoms with E-state index in [-0.39, 0.29) is 0 Å². The summed E-state index contributed by atoms with van der Waals surface area (Å²) in [6.45, 7) is 4.19. The predicted octanol–water partition coefficient (Wildman–Crippen LogP) is 1.54. The summed E-state index contributed by atoms with van der Waals surface area (Å²) in [5.74, 6) is 0.636. The number of hydrogen-bond donors (Lipinski definition) is 1. The van der Waals surface area contributed by atoms with Crippen LogP contribution in [0.3, 0.4) is 0 Å². The van der Waals surface area contributed by atoms with Gasteiger partial charge in [0.25, 0.3) is 0 Å². The van der Waals surface area contributed by atoms with Crippen LogP contribution in [0.4, 0.5) is 0 Å². The lowest BCUT2D eigenvalue weighted by molar-refractivity contribution is 0.511. The van der Waals surface area contributed by atoms with Crippen LogP contribution in [0.25, 0.3) is 0 Å². The monoisotopic (exact) mass is 193 g/mol. The molecule has 0 saturated heterocycles. The van der Waals surface area contributed by atoms with Crippen LogP contribution in [-0.2, 0) is 13.0 Å². The molecule has 0 bridgehead atoms. The van der Waals surface area contributed by atoms with Gasteiger partial charge in [0.05, 0.1) is 5.69 Å². The van der Waals surface area contributed by atoms with Crippen LogP contribution >= 0.6 is 0 Å². The standard InChI is InChI=1S/C11H19N3/c1-3-14-8-10-6-4-5-9(7-12-2)11(10)13-14/h8-9,12H,3-7H2,1-2H3. The van der Waals surface area contributed by atoms with Crippen molar-refractivity contribution in [2.45, 2.75) is 38.6 Å². The number of likely N-dealkylation sites (N-methyl/N-ethyl adjacent to an activating group) is 1. The van der Waals surface area contributed by atoms with Crippen molar-refractivity contribution in [3.8, 4) is 0 Å². The van der Waals surface area contributed by atoms with Gasteiger partial charge < -0.3 is 5.32 Å². The largest absolute Gasteiger partial charge is 0.319 e. The summed E-state index contributed by atoms with van der Waals surface area (Å²) < 4.78 is 2.07. The molecule has 1 N–H and O–H groups in total. The maximum atomic E-state index is 4.65. The van der Waals surface area contributed by atoms with E-state index in [0.29, 0.717) is 5.92 Å². The first-order valence-electron chi connectivity index (χ1n) is 5.56. The van der Waals surface area contributed by atoms with E-state index in [1.165, 1.54) is 30.5 Å². The zero-order valence-corrected chi connectivity index (χ0v) is 9.08. The Balaban J connectivity index is 2.24. The Hall–Kier alpha value is -0.830. The summed E-state index contributed by atoms with van der Waals surface area (Å²) in [5.41, 5.74) is 2.81. The topological polar surface area (TPSA) is 29.9 Å². The van der Waals surface area contributed by atoms with Crippen molar-refractivity contribution in [1.82, 2.24) is 15.1 Å². The molecular formula is C11H19N3. The van der Waals surface area contributed by atoms with Crippen molar-refractivity contribution in [3.05, 3.63) is 17.5 Å². The maximum Gasteiger partial charge on any atom is 0.0700 e. The molecule has 3 heteroatoms. The molecule has 1 heterocycles. The molecule has 1 unspecified atom stereocenters. The van der Waals surface area contributed by atoms with Gasteiger partial charge in [-0.05, 0) is 38.8 Å². The fourth-order valence-corrected chi connectivity index (χ4v) is 2.30. The molecule has 0 saturated carbocycles. The normalized spacial score (nSPS) is 20.9. The lowest BCUT2D eigenvalue weighted by atomic mass is 9.88. The van der Waals surface area contributed by atoms with Gasteiger partial charge in [-0.15, -0.1) is 0 Å². The van der Waals surface area contributed by atoms with Crippen LogP contribution in [0.2, 0.25) is 0 Å². The molecule has 3 nitrogen and oxygen atoms in total. The molecule has 0 aromatic carbocycles. The molecule has 0 amide bonds. The summed E-state index contributed by atoms with van der Waals surface area (Å²) in [6, 6.07) is 0. The molecule has 0 fully saturated rings. The lowest BCUT2D eigenvalue weighted by Crippen LogP contribution is -2.21. The Labute approximate surface area is 85.5 Å². The van der Waals surface area contributed by atoms with Gasteiger partial charge in [-0.1, -0.05) is 0 Å². The van der Waals surface area contributed by atoms with Gasteiger partial charge in [0, 0.05) is 25.2 Å². The molecule has 1 aromatic heterocycles. The maximum absolute atomic E-state index is 4.65. The third kappa shape index (κ3) is 1.69. The lowest BCUT2D eigenvalue weighted by Gasteiger charge is -2.20. The predicted molar refractivity (Wildman–Crippen MR) is 57.5 cm³/mol. The molecular weight excluding hydrogens is 174 g/mol. The smallest absolute Gasteiger partial charge is 0.0700 e. The second-order valence-electron chi connectivity index (χ2n) is 4.04. The molecule has 0 spiro atoms. The van der Waals surface area contributed by atoms with E-state index in [1.807, 2.05) is 7.05 Å². The van der Waals surface area contributed by atoms with Crippen LogP contribution < -0.4 is 5.32 Å². The summed E-state index contributed by atoms with van der Waals surface area (Å²) in [7, 11) is 2.02. The van der Waals surface area contributed by atoms with Gasteiger partial charge in [-0.25, -0.2) is 0 Å². The molecule has 0 aliphatic heterocycles. The fourth-order valence-electron chi connectivity index (χ4n) is 2.30. The Morgan fingerprint density at radius 3 is 3.21 bits per heavy atom. The Bertz CT molecular complexity index is 303. The highest BCUT2D eigenvalue weighted by molar-refractivity contribution is 5.24. The average Bonchev–Trinajstić information content (AvgIpc) is 2.62. The second-order valence-corrected chi connectivity index (χ2v) is 4.04. The minimum Gasteiger partial charge on any atom is -0.319 e. The molecule has 0 radical (unpaired) electrons. The van der Waals surface area contributed by atoms with Crippen LogP contribution in [0.5, 0.6) is 0 Å². The van der Waals surface area contributed by atoms with E-state index in [0.717, 1.165) is 13.1 Å². The number of aryl methyl sites for hydroxylation is 2. The number of hydrogen-bond acceptors (Lipinski definition) is 2. The highest BCUT2D eigenvalue weighted by Gasteiger charge is 2.22. The van der Waals surface area contributed by atoms with Crippen molar-refractivity contribution in [2.24, 2.45) is 0 Å². The minimum atomic E-state index is 0.636. The highest BCUT2D eigenvalue weighted by Crippen LogP contribution is 2.29. The first-order chi connectivity index (χ1) is 6.85. The van der Waals surface area contributed by atoms with Crippen LogP contribution in [0.1, 0.15) is 36.9 Å². The molecule has 1 aliphatic rings. The molecule has 1 aromatic rings. The fraction of sp³-hybridized carbons (Fsp3) is 0.727. The SMILES string of the molecule is CCn1cc2c(n1)C(CNC)CCC2. The number of nitrogens with zero attached hydrogens (tertiary/aromatic N) is 2. The summed E-state index contributed by atoms with van der Waals surface area (Å²) in [5, 5.41) is 7.90. The Morgan fingerprint density at radius 1 is 1.64 bits per heavy atom.